The Kier molecular flexibility index (Phi) is 7.45. The lowest BCUT2D eigenvalue weighted by molar-refractivity contribution is -0.137. The summed E-state index contributed by atoms with van der Waals surface area (Å²) in [6.45, 7) is 3.84. The largest absolute Gasteiger partial charge is 0.461 e. The van der Waals surface area contributed by atoms with Crippen LogP contribution in [0.2, 0.25) is 5.02 Å². The van der Waals surface area contributed by atoms with Gasteiger partial charge in [0.05, 0.1) is 21.5 Å². The van der Waals surface area contributed by atoms with Crippen molar-refractivity contribution in [2.24, 2.45) is 0 Å². The van der Waals surface area contributed by atoms with E-state index in [1.165, 1.54) is 0 Å². The fraction of sp³-hybridized carbons (Fsp3) is 0.516. The van der Waals surface area contributed by atoms with Crippen LogP contribution >= 0.6 is 11.6 Å². The number of halogens is 6. The van der Waals surface area contributed by atoms with Crippen LogP contribution in [0, 0.1) is 17.7 Å². The number of hydrogen-bond donors (Lipinski definition) is 2. The van der Waals surface area contributed by atoms with Crippen molar-refractivity contribution < 1.29 is 26.7 Å². The minimum atomic E-state index is -4.94. The average Bonchev–Trinajstić information content (AvgIpc) is 3.62. The van der Waals surface area contributed by atoms with Gasteiger partial charge in [-0.05, 0) is 57.2 Å². The molecule has 4 atom stereocenters. The Morgan fingerprint density at radius 3 is 2.62 bits per heavy atom. The normalized spacial score (nSPS) is 26.3. The minimum Gasteiger partial charge on any atom is -0.461 e. The number of aromatic nitrogens is 3. The van der Waals surface area contributed by atoms with Crippen LogP contribution in [0.3, 0.4) is 0 Å². The van der Waals surface area contributed by atoms with Gasteiger partial charge in [-0.2, -0.15) is 23.1 Å². The summed E-state index contributed by atoms with van der Waals surface area (Å²) in [5.74, 6) is 4.80. The van der Waals surface area contributed by atoms with Crippen molar-refractivity contribution in [1.29, 1.82) is 0 Å². The molecule has 6 heterocycles. The molecule has 3 N–H and O–H groups in total. The predicted octanol–water partition coefficient (Wildman–Crippen LogP) is 5.35. The SMILES string of the molecule is CC#Cc1nc(-c2cc(N)cc(Cl)c2C(F)(F)F)c(F)c2nc(OC[C@@]34CCCN3C[C@H](F)C4)nc(N3C[C@H]4CC[C@@H](C3)N4)c12. The van der Waals surface area contributed by atoms with Crippen molar-refractivity contribution in [2.45, 2.75) is 69.0 Å². The fourth-order valence-electron chi connectivity index (χ4n) is 7.54. The summed E-state index contributed by atoms with van der Waals surface area (Å²) in [7, 11) is 0. The molecule has 45 heavy (non-hydrogen) atoms. The van der Waals surface area contributed by atoms with Gasteiger partial charge in [0.1, 0.15) is 35.5 Å². The first-order valence-electron chi connectivity index (χ1n) is 15.0. The van der Waals surface area contributed by atoms with Crippen LogP contribution in [0.1, 0.15) is 50.3 Å². The van der Waals surface area contributed by atoms with E-state index in [2.05, 4.69) is 32.0 Å². The molecule has 4 saturated heterocycles. The van der Waals surface area contributed by atoms with Crippen molar-refractivity contribution >= 4 is 34.0 Å². The number of piperazine rings is 1. The summed E-state index contributed by atoms with van der Waals surface area (Å²) in [4.78, 5) is 17.6. The summed E-state index contributed by atoms with van der Waals surface area (Å²) in [6.07, 6.45) is -2.04. The number of rotatable bonds is 5. The predicted molar refractivity (Wildman–Crippen MR) is 160 cm³/mol. The van der Waals surface area contributed by atoms with Crippen LogP contribution in [-0.2, 0) is 6.18 Å². The second-order valence-electron chi connectivity index (χ2n) is 12.4. The van der Waals surface area contributed by atoms with E-state index < -0.39 is 45.5 Å². The van der Waals surface area contributed by atoms with Gasteiger partial charge in [-0.15, -0.1) is 0 Å². The number of pyridine rings is 1. The lowest BCUT2D eigenvalue weighted by atomic mass is 9.95. The molecule has 4 fully saturated rings. The van der Waals surface area contributed by atoms with Gasteiger partial charge in [0.25, 0.3) is 0 Å². The van der Waals surface area contributed by atoms with E-state index in [-0.39, 0.29) is 47.0 Å². The van der Waals surface area contributed by atoms with Gasteiger partial charge in [-0.1, -0.05) is 17.5 Å². The number of fused-ring (bicyclic) bond motifs is 4. The molecule has 0 radical (unpaired) electrons. The zero-order valence-electron chi connectivity index (χ0n) is 24.4. The van der Waals surface area contributed by atoms with Gasteiger partial charge in [0.15, 0.2) is 5.82 Å². The first-order valence-corrected chi connectivity index (χ1v) is 15.4. The Hall–Kier alpha value is -3.47. The molecule has 2 aromatic heterocycles. The molecule has 1 aromatic carbocycles. The highest BCUT2D eigenvalue weighted by Gasteiger charge is 2.49. The zero-order valence-corrected chi connectivity index (χ0v) is 25.2. The van der Waals surface area contributed by atoms with E-state index in [9.17, 15) is 17.6 Å². The van der Waals surface area contributed by atoms with E-state index in [0.29, 0.717) is 31.9 Å². The number of alkyl halides is 4. The molecule has 14 heteroatoms. The molecule has 0 saturated carbocycles. The number of nitrogens with zero attached hydrogens (tertiary/aromatic N) is 5. The number of ether oxygens (including phenoxy) is 1. The fourth-order valence-corrected chi connectivity index (χ4v) is 7.87. The summed E-state index contributed by atoms with van der Waals surface area (Å²) < 4.78 is 80.1. The van der Waals surface area contributed by atoms with Crippen LogP contribution < -0.4 is 20.7 Å². The molecule has 0 spiro atoms. The number of nitrogens with one attached hydrogen (secondary N) is 1. The highest BCUT2D eigenvalue weighted by molar-refractivity contribution is 6.32. The second-order valence-corrected chi connectivity index (χ2v) is 12.8. The summed E-state index contributed by atoms with van der Waals surface area (Å²) >= 11 is 6.02. The molecule has 2 bridgehead atoms. The average molecular weight is 648 g/mol. The van der Waals surface area contributed by atoms with Crippen molar-refractivity contribution in [3.63, 3.8) is 0 Å². The molecule has 4 aliphatic heterocycles. The van der Waals surface area contributed by atoms with Crippen molar-refractivity contribution in [3.05, 3.63) is 34.2 Å². The monoisotopic (exact) mass is 647 g/mol. The van der Waals surface area contributed by atoms with E-state index in [1.54, 1.807) is 6.92 Å². The molecule has 7 rings (SSSR count). The number of benzene rings is 1. The van der Waals surface area contributed by atoms with Crippen molar-refractivity contribution in [2.75, 3.05) is 43.4 Å². The zero-order chi connectivity index (χ0) is 31.7. The number of anilines is 2. The van der Waals surface area contributed by atoms with Gasteiger partial charge in [0, 0.05) is 49.4 Å². The van der Waals surface area contributed by atoms with Crippen molar-refractivity contribution in [1.82, 2.24) is 25.2 Å². The highest BCUT2D eigenvalue weighted by Crippen LogP contribution is 2.45. The van der Waals surface area contributed by atoms with Gasteiger partial charge in [-0.25, -0.2) is 13.8 Å². The van der Waals surface area contributed by atoms with Crippen molar-refractivity contribution in [3.8, 4) is 29.1 Å². The molecule has 4 aliphatic rings. The van der Waals surface area contributed by atoms with E-state index in [0.717, 1.165) is 44.4 Å². The smallest absolute Gasteiger partial charge is 0.418 e. The molecule has 0 unspecified atom stereocenters. The number of hydrogen-bond acceptors (Lipinski definition) is 8. The summed E-state index contributed by atoms with van der Waals surface area (Å²) in [6, 6.07) is 2.17. The maximum atomic E-state index is 16.7. The van der Waals surface area contributed by atoms with Crippen LogP contribution in [0.25, 0.3) is 22.2 Å². The molecule has 238 valence electrons. The lowest BCUT2D eigenvalue weighted by Gasteiger charge is -2.35. The molecule has 3 aromatic rings. The third-order valence-corrected chi connectivity index (χ3v) is 9.69. The lowest BCUT2D eigenvalue weighted by Crippen LogP contribution is -2.51. The van der Waals surface area contributed by atoms with E-state index in [1.807, 2.05) is 4.90 Å². The van der Waals surface area contributed by atoms with Crippen LogP contribution in [0.5, 0.6) is 6.01 Å². The first-order chi connectivity index (χ1) is 21.5. The maximum absolute atomic E-state index is 16.7. The summed E-state index contributed by atoms with van der Waals surface area (Å²) in [5.41, 5.74) is 2.44. The Bertz CT molecular complexity index is 1730. The van der Waals surface area contributed by atoms with Gasteiger partial charge in [-0.3, -0.25) is 4.90 Å². The second kappa shape index (κ2) is 11.1. The standard InChI is InChI=1S/C31H31ClF5N7O/c1-2-4-22-23-27(25(34)26(40-22)20-9-17(38)10-21(32)24(20)31(35,36)37)41-29(42-28(23)43-13-18-5-6-19(14-43)39-18)45-15-30-7-3-8-44(30)12-16(33)11-30/h9-10,16,18-19,39H,3,5-8,11-15,38H2,1H3/t16-,18-,19+,30+/m1/s1. The van der Waals surface area contributed by atoms with Gasteiger partial charge < -0.3 is 20.7 Å². The highest BCUT2D eigenvalue weighted by atomic mass is 35.5. The topological polar surface area (TPSA) is 92.4 Å². The molecule has 0 amide bonds. The quantitative estimate of drug-likeness (QED) is 0.218. The van der Waals surface area contributed by atoms with Gasteiger partial charge in [0.2, 0.25) is 0 Å². The minimum absolute atomic E-state index is 0.0135. The summed E-state index contributed by atoms with van der Waals surface area (Å²) in [5, 5.41) is 3.04. The molecular weight excluding hydrogens is 617 g/mol. The molecule has 8 nitrogen and oxygen atoms in total. The third kappa shape index (κ3) is 5.30. The van der Waals surface area contributed by atoms with Gasteiger partial charge >= 0.3 is 12.2 Å². The molecular formula is C31H31ClF5N7O. The van der Waals surface area contributed by atoms with E-state index >= 15 is 4.39 Å². The van der Waals surface area contributed by atoms with Crippen LogP contribution in [0.15, 0.2) is 12.1 Å². The first kappa shape index (κ1) is 30.2. The third-order valence-electron chi connectivity index (χ3n) is 9.39. The number of nitrogens with two attached hydrogens (primary N) is 1. The Morgan fingerprint density at radius 2 is 1.91 bits per heavy atom. The Balaban J connectivity index is 1.43. The van der Waals surface area contributed by atoms with E-state index in [4.69, 9.17) is 27.1 Å². The molecule has 0 aliphatic carbocycles. The number of nitrogen functional groups attached to an aromatic ring is 1. The van der Waals surface area contributed by atoms with Crippen LogP contribution in [0.4, 0.5) is 33.5 Å². The maximum Gasteiger partial charge on any atom is 0.418 e. The Morgan fingerprint density at radius 1 is 1.16 bits per heavy atom. The van der Waals surface area contributed by atoms with Crippen LogP contribution in [-0.4, -0.2) is 76.4 Å². The Labute approximate surface area is 261 Å².